The van der Waals surface area contributed by atoms with Gasteiger partial charge >= 0.3 is 0 Å². The molecular formula is C23H23FN2O4S. The Hall–Kier alpha value is -3.39. The number of para-hydroxylation sites is 1. The summed E-state index contributed by atoms with van der Waals surface area (Å²) in [6.07, 6.45) is 0.933. The molecule has 6 nitrogen and oxygen atoms in total. The van der Waals surface area contributed by atoms with E-state index in [1.165, 1.54) is 25.1 Å². The Morgan fingerprint density at radius 1 is 1.00 bits per heavy atom. The summed E-state index contributed by atoms with van der Waals surface area (Å²) in [5.74, 6) is -0.696. The number of hydrogen-bond acceptors (Lipinski definition) is 4. The van der Waals surface area contributed by atoms with Crippen LogP contribution in [0.4, 0.5) is 15.8 Å². The molecule has 0 aliphatic heterocycles. The maximum atomic E-state index is 14.2. The molecule has 0 aliphatic carbocycles. The number of sulfonamides is 1. The van der Waals surface area contributed by atoms with Gasteiger partial charge in [-0.1, -0.05) is 42.5 Å². The molecular weight excluding hydrogens is 419 g/mol. The molecule has 1 N–H and O–H groups in total. The van der Waals surface area contributed by atoms with Gasteiger partial charge in [-0.25, -0.2) is 12.8 Å². The summed E-state index contributed by atoms with van der Waals surface area (Å²) >= 11 is 0. The van der Waals surface area contributed by atoms with E-state index >= 15 is 0 Å². The predicted molar refractivity (Wildman–Crippen MR) is 119 cm³/mol. The Morgan fingerprint density at radius 3 is 2.23 bits per heavy atom. The molecule has 0 aromatic heterocycles. The van der Waals surface area contributed by atoms with Gasteiger partial charge in [-0.05, 0) is 48.9 Å². The zero-order chi connectivity index (χ0) is 22.4. The third-order valence-corrected chi connectivity index (χ3v) is 5.78. The van der Waals surface area contributed by atoms with E-state index in [0.717, 1.165) is 22.2 Å². The van der Waals surface area contributed by atoms with E-state index < -0.39 is 27.8 Å². The van der Waals surface area contributed by atoms with Gasteiger partial charge < -0.3 is 10.1 Å². The quantitative estimate of drug-likeness (QED) is 0.567. The van der Waals surface area contributed by atoms with Crippen LogP contribution in [0.25, 0.3) is 0 Å². The van der Waals surface area contributed by atoms with Gasteiger partial charge in [-0.2, -0.15) is 0 Å². The Bertz CT molecular complexity index is 1140. The Balaban J connectivity index is 1.68. The van der Waals surface area contributed by atoms with E-state index in [2.05, 4.69) is 5.32 Å². The molecule has 31 heavy (non-hydrogen) atoms. The van der Waals surface area contributed by atoms with Crippen molar-refractivity contribution < 1.29 is 22.3 Å². The van der Waals surface area contributed by atoms with Gasteiger partial charge in [0.15, 0.2) is 0 Å². The van der Waals surface area contributed by atoms with E-state index in [9.17, 15) is 17.6 Å². The fraction of sp³-hybridized carbons (Fsp3) is 0.174. The standard InChI is InChI=1S/C23H23FN2O4S/c1-17(26(31(2,28)29)22-11-7-6-10-21(22)24)23(27)25-19-12-14-20(15-13-19)30-16-18-8-4-3-5-9-18/h3-15,17H,16H2,1-2H3,(H,25,27)/t17-/m0/s1. The number of nitrogens with zero attached hydrogens (tertiary/aromatic N) is 1. The number of halogens is 1. The third kappa shape index (κ3) is 5.82. The van der Waals surface area contributed by atoms with Crippen molar-refractivity contribution in [2.45, 2.75) is 19.6 Å². The maximum Gasteiger partial charge on any atom is 0.247 e. The number of ether oxygens (including phenoxy) is 1. The highest BCUT2D eigenvalue weighted by molar-refractivity contribution is 7.92. The smallest absolute Gasteiger partial charge is 0.247 e. The molecule has 0 aliphatic rings. The van der Waals surface area contributed by atoms with E-state index in [1.54, 1.807) is 24.3 Å². The zero-order valence-electron chi connectivity index (χ0n) is 17.2. The van der Waals surface area contributed by atoms with Crippen molar-refractivity contribution in [1.82, 2.24) is 0 Å². The third-order valence-electron chi connectivity index (χ3n) is 4.55. The molecule has 0 radical (unpaired) electrons. The lowest BCUT2D eigenvalue weighted by molar-refractivity contribution is -0.116. The molecule has 0 fully saturated rings. The molecule has 0 bridgehead atoms. The van der Waals surface area contributed by atoms with Gasteiger partial charge in [0.25, 0.3) is 0 Å². The lowest BCUT2D eigenvalue weighted by Crippen LogP contribution is -2.45. The minimum atomic E-state index is -3.90. The van der Waals surface area contributed by atoms with Crippen LogP contribution in [0.2, 0.25) is 0 Å². The van der Waals surface area contributed by atoms with Crippen LogP contribution in [-0.2, 0) is 21.4 Å². The van der Waals surface area contributed by atoms with Crippen molar-refractivity contribution in [1.29, 1.82) is 0 Å². The van der Waals surface area contributed by atoms with Gasteiger partial charge in [-0.3, -0.25) is 9.10 Å². The number of carbonyl (C=O) groups is 1. The number of benzene rings is 3. The van der Waals surface area contributed by atoms with Crippen molar-refractivity contribution in [3.63, 3.8) is 0 Å². The highest BCUT2D eigenvalue weighted by atomic mass is 32.2. The van der Waals surface area contributed by atoms with Gasteiger partial charge in [0.1, 0.15) is 24.2 Å². The summed E-state index contributed by atoms with van der Waals surface area (Å²) in [5.41, 5.74) is 1.31. The van der Waals surface area contributed by atoms with Crippen molar-refractivity contribution in [2.24, 2.45) is 0 Å². The average Bonchev–Trinajstić information content (AvgIpc) is 2.74. The summed E-state index contributed by atoms with van der Waals surface area (Å²) in [7, 11) is -3.90. The first-order valence-electron chi connectivity index (χ1n) is 9.57. The molecule has 1 atom stereocenters. The zero-order valence-corrected chi connectivity index (χ0v) is 18.0. The Kier molecular flexibility index (Phi) is 6.91. The Morgan fingerprint density at radius 2 is 1.61 bits per heavy atom. The largest absolute Gasteiger partial charge is 0.489 e. The second-order valence-electron chi connectivity index (χ2n) is 6.97. The minimum Gasteiger partial charge on any atom is -0.489 e. The summed E-state index contributed by atoms with van der Waals surface area (Å²) < 4.78 is 45.3. The first-order chi connectivity index (χ1) is 14.8. The second-order valence-corrected chi connectivity index (χ2v) is 8.83. The normalized spacial score (nSPS) is 12.1. The van der Waals surface area contributed by atoms with E-state index in [0.29, 0.717) is 18.0 Å². The van der Waals surface area contributed by atoms with E-state index in [-0.39, 0.29) is 5.69 Å². The van der Waals surface area contributed by atoms with Gasteiger partial charge in [0.05, 0.1) is 11.9 Å². The van der Waals surface area contributed by atoms with Gasteiger partial charge in [0, 0.05) is 5.69 Å². The summed E-state index contributed by atoms with van der Waals surface area (Å²) in [6, 6.07) is 20.7. The Labute approximate surface area is 181 Å². The number of anilines is 2. The lowest BCUT2D eigenvalue weighted by Gasteiger charge is -2.28. The first kappa shape index (κ1) is 22.3. The molecule has 3 aromatic rings. The highest BCUT2D eigenvalue weighted by Crippen LogP contribution is 2.25. The van der Waals surface area contributed by atoms with Crippen molar-refractivity contribution in [2.75, 3.05) is 15.9 Å². The van der Waals surface area contributed by atoms with Crippen LogP contribution in [0.1, 0.15) is 12.5 Å². The average molecular weight is 443 g/mol. The molecule has 3 aromatic carbocycles. The van der Waals surface area contributed by atoms with Crippen molar-refractivity contribution in [3.05, 3.63) is 90.2 Å². The van der Waals surface area contributed by atoms with Gasteiger partial charge in [0.2, 0.25) is 15.9 Å². The lowest BCUT2D eigenvalue weighted by atomic mass is 10.2. The van der Waals surface area contributed by atoms with E-state index in [1.807, 2.05) is 30.3 Å². The number of amides is 1. The monoisotopic (exact) mass is 442 g/mol. The fourth-order valence-corrected chi connectivity index (χ4v) is 4.21. The van der Waals surface area contributed by atoms with Crippen LogP contribution in [0, 0.1) is 5.82 Å². The van der Waals surface area contributed by atoms with Gasteiger partial charge in [-0.15, -0.1) is 0 Å². The SMILES string of the molecule is C[C@@H](C(=O)Nc1ccc(OCc2ccccc2)cc1)N(c1ccccc1F)S(C)(=O)=O. The molecule has 0 saturated heterocycles. The number of rotatable bonds is 8. The molecule has 0 heterocycles. The predicted octanol–water partition coefficient (Wildman–Crippen LogP) is 4.20. The fourth-order valence-electron chi connectivity index (χ4n) is 3.03. The summed E-state index contributed by atoms with van der Waals surface area (Å²) in [4.78, 5) is 12.7. The molecule has 162 valence electrons. The maximum absolute atomic E-state index is 14.2. The summed E-state index contributed by atoms with van der Waals surface area (Å²) in [6.45, 7) is 1.82. The van der Waals surface area contributed by atoms with E-state index in [4.69, 9.17) is 4.74 Å². The second kappa shape index (κ2) is 9.61. The van der Waals surface area contributed by atoms with Crippen LogP contribution in [0.15, 0.2) is 78.9 Å². The van der Waals surface area contributed by atoms with Crippen molar-refractivity contribution >= 4 is 27.3 Å². The first-order valence-corrected chi connectivity index (χ1v) is 11.4. The van der Waals surface area contributed by atoms with Crippen LogP contribution >= 0.6 is 0 Å². The molecule has 0 unspecified atom stereocenters. The molecule has 0 saturated carbocycles. The highest BCUT2D eigenvalue weighted by Gasteiger charge is 2.30. The van der Waals surface area contributed by atoms with Crippen LogP contribution in [0.3, 0.4) is 0 Å². The number of hydrogen-bond donors (Lipinski definition) is 1. The summed E-state index contributed by atoms with van der Waals surface area (Å²) in [5, 5.41) is 2.66. The topological polar surface area (TPSA) is 75.7 Å². The van der Waals surface area contributed by atoms with Crippen LogP contribution < -0.4 is 14.4 Å². The number of carbonyl (C=O) groups excluding carboxylic acids is 1. The molecule has 3 rings (SSSR count). The molecule has 0 spiro atoms. The van der Waals surface area contributed by atoms with Crippen LogP contribution in [0.5, 0.6) is 5.75 Å². The molecule has 1 amide bonds. The minimum absolute atomic E-state index is 0.183. The molecule has 8 heteroatoms. The van der Waals surface area contributed by atoms with Crippen molar-refractivity contribution in [3.8, 4) is 5.75 Å². The number of nitrogens with one attached hydrogen (secondary N) is 1. The van der Waals surface area contributed by atoms with Crippen LogP contribution in [-0.4, -0.2) is 26.6 Å².